The number of aryl methyl sites for hydroxylation is 1. The number of hydrogen-bond donors (Lipinski definition) is 1. The van der Waals surface area contributed by atoms with Crippen LogP contribution in [0.15, 0.2) is 18.2 Å². The van der Waals surface area contributed by atoms with Crippen LogP contribution in [-0.2, 0) is 0 Å². The number of carbonyl (C=O) groups excluding carboxylic acids is 1. The highest BCUT2D eigenvalue weighted by Gasteiger charge is 2.15. The molecule has 2 aromatic rings. The second kappa shape index (κ2) is 9.42. The highest BCUT2D eigenvalue weighted by molar-refractivity contribution is 7.18. The van der Waals surface area contributed by atoms with E-state index in [2.05, 4.69) is 18.8 Å². The summed E-state index contributed by atoms with van der Waals surface area (Å²) >= 11 is 1.62. The van der Waals surface area contributed by atoms with Gasteiger partial charge in [-0.2, -0.15) is 0 Å². The highest BCUT2D eigenvalue weighted by atomic mass is 35.5. The lowest BCUT2D eigenvalue weighted by Crippen LogP contribution is -2.34. The number of aromatic nitrogens is 1. The topological polar surface area (TPSA) is 59.2 Å². The number of hydrogen-bond acceptors (Lipinski definition) is 4. The number of thiazole rings is 1. The van der Waals surface area contributed by atoms with Gasteiger partial charge in [-0.25, -0.2) is 4.98 Å². The molecule has 1 unspecified atom stereocenters. The van der Waals surface area contributed by atoms with Gasteiger partial charge in [0.05, 0.1) is 15.2 Å². The SMILES string of the molecule is Cc1nc2ccc(C(=O)N(C)CCC(N)C(C)C)cc2s1.Cl.Cl. The van der Waals surface area contributed by atoms with Gasteiger partial charge in [-0.1, -0.05) is 13.8 Å². The van der Waals surface area contributed by atoms with Crippen molar-refractivity contribution in [3.63, 3.8) is 0 Å². The average molecular weight is 378 g/mol. The van der Waals surface area contributed by atoms with E-state index in [9.17, 15) is 4.79 Å². The summed E-state index contributed by atoms with van der Waals surface area (Å²) in [5, 5.41) is 1.02. The standard InChI is InChI=1S/C16H23N3OS.2ClH/c1-10(2)13(17)7-8-19(4)16(20)12-5-6-14-15(9-12)21-11(3)18-14;;/h5-6,9-10,13H,7-8,17H2,1-4H3;2*1H. The van der Waals surface area contributed by atoms with Crippen molar-refractivity contribution in [2.24, 2.45) is 11.7 Å². The number of fused-ring (bicyclic) bond motifs is 1. The molecule has 4 nitrogen and oxygen atoms in total. The molecule has 0 aliphatic heterocycles. The van der Waals surface area contributed by atoms with Gasteiger partial charge in [0, 0.05) is 25.2 Å². The predicted molar refractivity (Wildman–Crippen MR) is 103 cm³/mol. The molecule has 0 aliphatic rings. The van der Waals surface area contributed by atoms with Crippen LogP contribution in [0.3, 0.4) is 0 Å². The van der Waals surface area contributed by atoms with E-state index in [0.717, 1.165) is 21.6 Å². The fraction of sp³-hybridized carbons (Fsp3) is 0.500. The van der Waals surface area contributed by atoms with E-state index in [1.807, 2.05) is 32.2 Å². The minimum absolute atomic E-state index is 0. The quantitative estimate of drug-likeness (QED) is 0.859. The molecule has 1 atom stereocenters. The number of benzene rings is 1. The molecule has 0 fully saturated rings. The summed E-state index contributed by atoms with van der Waals surface area (Å²) in [6.45, 7) is 6.86. The van der Waals surface area contributed by atoms with E-state index in [0.29, 0.717) is 18.0 Å². The normalized spacial score (nSPS) is 11.7. The van der Waals surface area contributed by atoms with Gasteiger partial charge in [0.1, 0.15) is 0 Å². The molecule has 7 heteroatoms. The van der Waals surface area contributed by atoms with Crippen molar-refractivity contribution in [1.29, 1.82) is 0 Å². The lowest BCUT2D eigenvalue weighted by Gasteiger charge is -2.21. The summed E-state index contributed by atoms with van der Waals surface area (Å²) in [6.07, 6.45) is 0.821. The van der Waals surface area contributed by atoms with Crippen molar-refractivity contribution in [2.75, 3.05) is 13.6 Å². The zero-order valence-corrected chi connectivity index (χ0v) is 16.4. The van der Waals surface area contributed by atoms with Crippen molar-refractivity contribution in [1.82, 2.24) is 9.88 Å². The Bertz CT molecular complexity index is 645. The lowest BCUT2D eigenvalue weighted by molar-refractivity contribution is 0.0789. The van der Waals surface area contributed by atoms with Gasteiger partial charge in [-0.05, 0) is 37.5 Å². The zero-order chi connectivity index (χ0) is 15.6. The Kier molecular flexibility index (Phi) is 9.06. The Labute approximate surface area is 154 Å². The largest absolute Gasteiger partial charge is 0.342 e. The van der Waals surface area contributed by atoms with Gasteiger partial charge in [-0.3, -0.25) is 4.79 Å². The Morgan fingerprint density at radius 3 is 2.61 bits per heavy atom. The number of nitrogens with two attached hydrogens (primary N) is 1. The van der Waals surface area contributed by atoms with E-state index in [4.69, 9.17) is 5.73 Å². The molecule has 1 aromatic heterocycles. The van der Waals surface area contributed by atoms with E-state index < -0.39 is 0 Å². The Hall–Kier alpha value is -0.880. The van der Waals surface area contributed by atoms with Gasteiger partial charge in [-0.15, -0.1) is 36.2 Å². The zero-order valence-electron chi connectivity index (χ0n) is 13.9. The number of rotatable bonds is 5. The third-order valence-electron chi connectivity index (χ3n) is 3.74. The van der Waals surface area contributed by atoms with Crippen LogP contribution in [0.5, 0.6) is 0 Å². The van der Waals surface area contributed by atoms with Crippen LogP contribution in [-0.4, -0.2) is 35.4 Å². The fourth-order valence-corrected chi connectivity index (χ4v) is 3.04. The van der Waals surface area contributed by atoms with Crippen LogP contribution in [0.25, 0.3) is 10.2 Å². The van der Waals surface area contributed by atoms with Crippen LogP contribution in [0.1, 0.15) is 35.6 Å². The lowest BCUT2D eigenvalue weighted by atomic mass is 10.0. The summed E-state index contributed by atoms with van der Waals surface area (Å²) in [5.41, 5.74) is 7.71. The first-order chi connectivity index (χ1) is 9.88. The smallest absolute Gasteiger partial charge is 0.253 e. The maximum Gasteiger partial charge on any atom is 0.253 e. The Morgan fingerprint density at radius 1 is 1.35 bits per heavy atom. The second-order valence-electron chi connectivity index (χ2n) is 5.84. The molecular weight excluding hydrogens is 353 g/mol. The third kappa shape index (κ3) is 5.60. The van der Waals surface area contributed by atoms with E-state index in [-0.39, 0.29) is 36.8 Å². The number of amides is 1. The van der Waals surface area contributed by atoms with Gasteiger partial charge in [0.2, 0.25) is 0 Å². The van der Waals surface area contributed by atoms with Crippen molar-refractivity contribution in [3.8, 4) is 0 Å². The summed E-state index contributed by atoms with van der Waals surface area (Å²) in [5.74, 6) is 0.476. The maximum absolute atomic E-state index is 12.4. The Balaban J connectivity index is 0.00000242. The third-order valence-corrected chi connectivity index (χ3v) is 4.68. The molecule has 0 saturated heterocycles. The van der Waals surface area contributed by atoms with Crippen molar-refractivity contribution >= 4 is 52.3 Å². The van der Waals surface area contributed by atoms with Crippen molar-refractivity contribution in [2.45, 2.75) is 33.2 Å². The first-order valence-corrected chi connectivity index (χ1v) is 8.08. The molecule has 1 heterocycles. The number of halogens is 2. The van der Waals surface area contributed by atoms with Crippen LogP contribution >= 0.6 is 36.2 Å². The predicted octanol–water partition coefficient (Wildman–Crippen LogP) is 3.89. The summed E-state index contributed by atoms with van der Waals surface area (Å²) in [7, 11) is 1.83. The van der Waals surface area contributed by atoms with Crippen molar-refractivity contribution < 1.29 is 4.79 Å². The average Bonchev–Trinajstić information content (AvgIpc) is 2.82. The molecule has 2 rings (SSSR count). The van der Waals surface area contributed by atoms with Gasteiger partial charge < -0.3 is 10.6 Å². The second-order valence-corrected chi connectivity index (χ2v) is 7.07. The van der Waals surface area contributed by atoms with Crippen molar-refractivity contribution in [3.05, 3.63) is 28.8 Å². The van der Waals surface area contributed by atoms with E-state index >= 15 is 0 Å². The van der Waals surface area contributed by atoms with Gasteiger partial charge in [0.15, 0.2) is 0 Å². The molecule has 0 saturated carbocycles. The number of nitrogens with zero attached hydrogens (tertiary/aromatic N) is 2. The first-order valence-electron chi connectivity index (χ1n) is 7.26. The monoisotopic (exact) mass is 377 g/mol. The first kappa shape index (κ1) is 22.1. The molecule has 1 aromatic carbocycles. The Morgan fingerprint density at radius 2 is 2.00 bits per heavy atom. The van der Waals surface area contributed by atoms with Crippen LogP contribution in [0.4, 0.5) is 0 Å². The fourth-order valence-electron chi connectivity index (χ4n) is 2.17. The molecule has 0 bridgehead atoms. The maximum atomic E-state index is 12.4. The van der Waals surface area contributed by atoms with Crippen LogP contribution in [0.2, 0.25) is 0 Å². The summed E-state index contributed by atoms with van der Waals surface area (Å²) in [6, 6.07) is 5.83. The molecule has 23 heavy (non-hydrogen) atoms. The highest BCUT2D eigenvalue weighted by Crippen LogP contribution is 2.23. The molecule has 1 amide bonds. The molecule has 2 N–H and O–H groups in total. The molecule has 0 aliphatic carbocycles. The van der Waals surface area contributed by atoms with Gasteiger partial charge in [0.25, 0.3) is 5.91 Å². The van der Waals surface area contributed by atoms with Gasteiger partial charge >= 0.3 is 0 Å². The van der Waals surface area contributed by atoms with E-state index in [1.165, 1.54) is 0 Å². The van der Waals surface area contributed by atoms with Crippen LogP contribution in [0, 0.1) is 12.8 Å². The van der Waals surface area contributed by atoms with E-state index in [1.54, 1.807) is 16.2 Å². The summed E-state index contributed by atoms with van der Waals surface area (Å²) in [4.78, 5) is 18.6. The minimum Gasteiger partial charge on any atom is -0.342 e. The number of carbonyl (C=O) groups is 1. The molecule has 130 valence electrons. The summed E-state index contributed by atoms with van der Waals surface area (Å²) < 4.78 is 1.06. The minimum atomic E-state index is 0. The molecular formula is C16H25Cl2N3OS. The molecule has 0 radical (unpaired) electrons. The molecule has 0 spiro atoms. The van der Waals surface area contributed by atoms with Crippen LogP contribution < -0.4 is 5.73 Å².